The van der Waals surface area contributed by atoms with Crippen LogP contribution < -0.4 is 0 Å². The molecule has 1 aliphatic heterocycles. The number of rotatable bonds is 6. The fourth-order valence-electron chi connectivity index (χ4n) is 4.44. The molecule has 0 bridgehead atoms. The number of benzene rings is 1. The van der Waals surface area contributed by atoms with Crippen molar-refractivity contribution in [2.75, 3.05) is 32.7 Å². The van der Waals surface area contributed by atoms with Crippen LogP contribution in [0.1, 0.15) is 50.3 Å². The Morgan fingerprint density at radius 3 is 2.28 bits per heavy atom. The summed E-state index contributed by atoms with van der Waals surface area (Å²) in [7, 11) is 0. The molecule has 4 rings (SSSR count). The molecule has 0 unspecified atom stereocenters. The van der Waals surface area contributed by atoms with Crippen molar-refractivity contribution in [3.05, 3.63) is 59.2 Å². The monoisotopic (exact) mass is 430 g/mol. The van der Waals surface area contributed by atoms with Crippen LogP contribution in [-0.4, -0.2) is 57.1 Å². The Morgan fingerprint density at radius 2 is 1.66 bits per heavy atom. The smallest absolute Gasteiger partial charge is 0.234 e. The van der Waals surface area contributed by atoms with Crippen LogP contribution >= 0.6 is 0 Å². The Labute approximate surface area is 191 Å². The van der Waals surface area contributed by atoms with Crippen LogP contribution in [0.5, 0.6) is 0 Å². The lowest BCUT2D eigenvalue weighted by Crippen LogP contribution is -2.45. The van der Waals surface area contributed by atoms with E-state index in [2.05, 4.69) is 88.4 Å². The van der Waals surface area contributed by atoms with Crippen LogP contribution in [0, 0.1) is 16.7 Å². The maximum atomic E-state index is 9.24. The van der Waals surface area contributed by atoms with E-state index in [4.69, 9.17) is 0 Å². The van der Waals surface area contributed by atoms with Crippen molar-refractivity contribution in [2.45, 2.75) is 47.2 Å². The molecule has 0 aliphatic carbocycles. The maximum Gasteiger partial charge on any atom is 0.234 e. The molecular weight excluding hydrogens is 396 g/mol. The SMILES string of the molecule is CCN1CCN(Cc2ccc(Cc3cc4cnc(C#N)nc4n3CC(C)(C)C)cc2)CC1. The highest BCUT2D eigenvalue weighted by Crippen LogP contribution is 2.26. The highest BCUT2D eigenvalue weighted by Gasteiger charge is 2.19. The van der Waals surface area contributed by atoms with Crippen LogP contribution in [0.25, 0.3) is 11.0 Å². The fraction of sp³-hybridized carbons (Fsp3) is 0.500. The molecule has 0 amide bonds. The second-order valence-electron chi connectivity index (χ2n) is 10.1. The summed E-state index contributed by atoms with van der Waals surface area (Å²) in [5, 5.41) is 10.2. The van der Waals surface area contributed by atoms with E-state index in [1.165, 1.54) is 29.9 Å². The highest BCUT2D eigenvalue weighted by atomic mass is 15.3. The molecule has 0 spiro atoms. The first-order valence-corrected chi connectivity index (χ1v) is 11.6. The van der Waals surface area contributed by atoms with E-state index in [-0.39, 0.29) is 11.2 Å². The second kappa shape index (κ2) is 9.40. The first-order valence-electron chi connectivity index (χ1n) is 11.6. The van der Waals surface area contributed by atoms with E-state index in [0.717, 1.165) is 50.2 Å². The molecule has 1 saturated heterocycles. The molecule has 0 atom stereocenters. The van der Waals surface area contributed by atoms with Crippen LogP contribution in [-0.2, 0) is 19.5 Å². The summed E-state index contributed by atoms with van der Waals surface area (Å²) in [4.78, 5) is 13.7. The molecule has 6 nitrogen and oxygen atoms in total. The van der Waals surface area contributed by atoms with Crippen LogP contribution in [0.2, 0.25) is 0 Å². The molecule has 6 heteroatoms. The van der Waals surface area contributed by atoms with Gasteiger partial charge in [-0.25, -0.2) is 9.97 Å². The normalized spacial score (nSPS) is 15.8. The van der Waals surface area contributed by atoms with Gasteiger partial charge in [0.25, 0.3) is 0 Å². The second-order valence-corrected chi connectivity index (χ2v) is 10.1. The van der Waals surface area contributed by atoms with Crippen LogP contribution in [0.4, 0.5) is 0 Å². The third-order valence-corrected chi connectivity index (χ3v) is 6.18. The van der Waals surface area contributed by atoms with Crippen LogP contribution in [0.15, 0.2) is 36.5 Å². The first kappa shape index (κ1) is 22.4. The highest BCUT2D eigenvalue weighted by molar-refractivity contribution is 5.77. The zero-order valence-electron chi connectivity index (χ0n) is 19.8. The molecule has 1 fully saturated rings. The van der Waals surface area contributed by atoms with Gasteiger partial charge in [0.1, 0.15) is 11.7 Å². The van der Waals surface area contributed by atoms with Crippen molar-refractivity contribution in [3.8, 4) is 6.07 Å². The van der Waals surface area contributed by atoms with Crippen molar-refractivity contribution >= 4 is 11.0 Å². The van der Waals surface area contributed by atoms with Gasteiger partial charge in [-0.1, -0.05) is 52.0 Å². The van der Waals surface area contributed by atoms with Crippen molar-refractivity contribution in [3.63, 3.8) is 0 Å². The predicted molar refractivity (Wildman–Crippen MR) is 128 cm³/mol. The summed E-state index contributed by atoms with van der Waals surface area (Å²) in [6, 6.07) is 13.3. The van der Waals surface area contributed by atoms with E-state index >= 15 is 0 Å². The van der Waals surface area contributed by atoms with Gasteiger partial charge in [0.05, 0.1) is 0 Å². The van der Waals surface area contributed by atoms with Crippen molar-refractivity contribution in [2.24, 2.45) is 5.41 Å². The lowest BCUT2D eigenvalue weighted by Gasteiger charge is -2.34. The Bertz CT molecular complexity index is 1090. The molecule has 1 aliphatic rings. The fourth-order valence-corrected chi connectivity index (χ4v) is 4.44. The molecule has 2 aromatic heterocycles. The summed E-state index contributed by atoms with van der Waals surface area (Å²) in [6.07, 6.45) is 2.61. The zero-order valence-corrected chi connectivity index (χ0v) is 19.8. The first-order chi connectivity index (χ1) is 15.3. The van der Waals surface area contributed by atoms with Gasteiger partial charge in [0, 0.05) is 63.0 Å². The summed E-state index contributed by atoms with van der Waals surface area (Å²) in [5.74, 6) is 0.224. The third-order valence-electron chi connectivity index (χ3n) is 6.18. The zero-order chi connectivity index (χ0) is 22.7. The van der Waals surface area contributed by atoms with Gasteiger partial charge >= 0.3 is 0 Å². The number of hydrogen-bond acceptors (Lipinski definition) is 5. The van der Waals surface area contributed by atoms with E-state index in [1.54, 1.807) is 6.20 Å². The van der Waals surface area contributed by atoms with Gasteiger partial charge in [-0.2, -0.15) is 5.26 Å². The molecule has 0 N–H and O–H groups in total. The Balaban J connectivity index is 1.51. The minimum atomic E-state index is 0.101. The van der Waals surface area contributed by atoms with Gasteiger partial charge in [0.15, 0.2) is 0 Å². The van der Waals surface area contributed by atoms with Crippen LogP contribution in [0.3, 0.4) is 0 Å². The third kappa shape index (κ3) is 5.35. The molecule has 0 radical (unpaired) electrons. The number of nitriles is 1. The number of aromatic nitrogens is 3. The number of nitrogens with zero attached hydrogens (tertiary/aromatic N) is 6. The lowest BCUT2D eigenvalue weighted by atomic mass is 9.96. The van der Waals surface area contributed by atoms with E-state index < -0.39 is 0 Å². The van der Waals surface area contributed by atoms with Gasteiger partial charge in [-0.15, -0.1) is 0 Å². The van der Waals surface area contributed by atoms with Crippen molar-refractivity contribution < 1.29 is 0 Å². The van der Waals surface area contributed by atoms with Crippen molar-refractivity contribution in [1.82, 2.24) is 24.3 Å². The van der Waals surface area contributed by atoms with E-state index in [0.29, 0.717) is 0 Å². The van der Waals surface area contributed by atoms with E-state index in [1.807, 2.05) is 0 Å². The Morgan fingerprint density at radius 1 is 1.00 bits per heavy atom. The molecule has 168 valence electrons. The summed E-state index contributed by atoms with van der Waals surface area (Å²) >= 11 is 0. The lowest BCUT2D eigenvalue weighted by molar-refractivity contribution is 0.132. The van der Waals surface area contributed by atoms with Crippen molar-refractivity contribution in [1.29, 1.82) is 5.26 Å². The average Bonchev–Trinajstić information content (AvgIpc) is 3.10. The predicted octanol–water partition coefficient (Wildman–Crippen LogP) is 4.08. The van der Waals surface area contributed by atoms with Gasteiger partial charge < -0.3 is 9.47 Å². The van der Waals surface area contributed by atoms with E-state index in [9.17, 15) is 5.26 Å². The maximum absolute atomic E-state index is 9.24. The molecule has 32 heavy (non-hydrogen) atoms. The molecule has 3 aromatic rings. The topological polar surface area (TPSA) is 61.0 Å². The Hall–Kier alpha value is -2.75. The number of likely N-dealkylation sites (N-methyl/N-ethyl adjacent to an activating group) is 1. The summed E-state index contributed by atoms with van der Waals surface area (Å²) in [5.41, 5.74) is 4.82. The Kier molecular flexibility index (Phi) is 6.59. The number of piperazine rings is 1. The van der Waals surface area contributed by atoms with Gasteiger partial charge in [-0.3, -0.25) is 4.90 Å². The van der Waals surface area contributed by atoms with Gasteiger partial charge in [0.2, 0.25) is 5.82 Å². The molecular formula is C26H34N6. The minimum Gasteiger partial charge on any atom is -0.329 e. The van der Waals surface area contributed by atoms with Gasteiger partial charge in [-0.05, 0) is 29.2 Å². The number of fused-ring (bicyclic) bond motifs is 1. The summed E-state index contributed by atoms with van der Waals surface area (Å²) in [6.45, 7) is 16.6. The minimum absolute atomic E-state index is 0.101. The summed E-state index contributed by atoms with van der Waals surface area (Å²) < 4.78 is 2.26. The molecule has 0 saturated carbocycles. The quantitative estimate of drug-likeness (QED) is 0.590. The molecule has 1 aromatic carbocycles. The average molecular weight is 431 g/mol. The standard InChI is InChI=1S/C26H34N6/c1-5-30-10-12-31(13-11-30)18-21-8-6-20(7-9-21)14-23-15-22-17-28-24(16-27)29-25(22)32(23)19-26(2,3)4/h6-9,15,17H,5,10-14,18-19H2,1-4H3. The molecule has 3 heterocycles. The largest absolute Gasteiger partial charge is 0.329 e. The number of hydrogen-bond donors (Lipinski definition) is 0.